The number of aryl methyl sites for hydroxylation is 1. The van der Waals surface area contributed by atoms with Gasteiger partial charge in [-0.2, -0.15) is 8.78 Å². The van der Waals surface area contributed by atoms with E-state index >= 15 is 0 Å². The summed E-state index contributed by atoms with van der Waals surface area (Å²) in [5, 5.41) is 0.415. The summed E-state index contributed by atoms with van der Waals surface area (Å²) in [6.45, 7) is 4.51. The maximum atomic E-state index is 14.9. The summed E-state index contributed by atoms with van der Waals surface area (Å²) in [6, 6.07) is 11.5. The Bertz CT molecular complexity index is 1130. The lowest BCUT2D eigenvalue weighted by Crippen LogP contribution is -2.44. The Hall–Kier alpha value is -2.82. The topological polar surface area (TPSA) is 42.6 Å². The van der Waals surface area contributed by atoms with Crippen LogP contribution in [0.3, 0.4) is 0 Å². The zero-order chi connectivity index (χ0) is 18.7. The second-order valence-electron chi connectivity index (χ2n) is 7.10. The van der Waals surface area contributed by atoms with Crippen molar-refractivity contribution in [3.05, 3.63) is 81.2 Å². The molecule has 0 N–H and O–H groups in total. The largest absolute Gasteiger partial charge is 0.464 e. The number of fused-ring (bicyclic) bond motifs is 2. The molecular formula is C21H17F2NO2. The molecule has 0 saturated carbocycles. The summed E-state index contributed by atoms with van der Waals surface area (Å²) in [7, 11) is 0. The third kappa shape index (κ3) is 2.23. The maximum Gasteiger partial charge on any atom is 0.297 e. The number of hydrogen-bond donors (Lipinski definition) is 0. The molecule has 0 saturated heterocycles. The van der Waals surface area contributed by atoms with Gasteiger partial charge in [-0.3, -0.25) is 9.79 Å². The molecule has 1 aliphatic rings. The predicted octanol–water partition coefficient (Wildman–Crippen LogP) is 4.82. The van der Waals surface area contributed by atoms with Gasteiger partial charge < -0.3 is 4.42 Å². The Morgan fingerprint density at radius 3 is 2.58 bits per heavy atom. The molecule has 0 fully saturated rings. The Balaban J connectivity index is 2.01. The van der Waals surface area contributed by atoms with E-state index in [0.717, 1.165) is 0 Å². The Labute approximate surface area is 149 Å². The minimum absolute atomic E-state index is 0.0497. The number of halogens is 2. The predicted molar refractivity (Wildman–Crippen MR) is 97.3 cm³/mol. The number of nitrogens with zero attached hydrogens (tertiary/aromatic N) is 1. The first-order valence-electron chi connectivity index (χ1n) is 8.32. The number of benzene rings is 2. The van der Waals surface area contributed by atoms with Crippen LogP contribution in [0.25, 0.3) is 11.0 Å². The molecule has 0 amide bonds. The Morgan fingerprint density at radius 2 is 1.81 bits per heavy atom. The third-order valence-electron chi connectivity index (χ3n) is 4.90. The monoisotopic (exact) mass is 353 g/mol. The van der Waals surface area contributed by atoms with Gasteiger partial charge in [0.2, 0.25) is 0 Å². The van der Waals surface area contributed by atoms with E-state index in [1.54, 1.807) is 43.3 Å². The molecule has 4 rings (SSSR count). The van der Waals surface area contributed by atoms with Crippen LogP contribution in [0.1, 0.15) is 36.1 Å². The Kier molecular flexibility index (Phi) is 3.41. The van der Waals surface area contributed by atoms with Crippen molar-refractivity contribution < 1.29 is 13.2 Å². The summed E-state index contributed by atoms with van der Waals surface area (Å²) in [5.74, 6) is -3.08. The van der Waals surface area contributed by atoms with Crippen molar-refractivity contribution in [1.29, 1.82) is 0 Å². The average molecular weight is 353 g/mol. The molecular weight excluding hydrogens is 336 g/mol. The molecule has 0 atom stereocenters. The minimum Gasteiger partial charge on any atom is -0.464 e. The second-order valence-corrected chi connectivity index (χ2v) is 7.10. The van der Waals surface area contributed by atoms with Crippen LogP contribution >= 0.6 is 0 Å². The van der Waals surface area contributed by atoms with E-state index in [2.05, 4.69) is 4.99 Å². The van der Waals surface area contributed by atoms with E-state index in [1.165, 1.54) is 26.2 Å². The minimum atomic E-state index is -3.08. The number of aliphatic imine (C=N–C) groups is 1. The SMILES string of the molecule is Cc1coc2ccc(C3=NC(C)(C)C(F)(F)c4ccccc43)cc2c1=O. The van der Waals surface area contributed by atoms with Gasteiger partial charge in [-0.25, -0.2) is 0 Å². The maximum absolute atomic E-state index is 14.9. The lowest BCUT2D eigenvalue weighted by Gasteiger charge is -2.37. The van der Waals surface area contributed by atoms with Crippen LogP contribution in [-0.2, 0) is 5.92 Å². The van der Waals surface area contributed by atoms with Crippen molar-refractivity contribution in [2.75, 3.05) is 0 Å². The van der Waals surface area contributed by atoms with Crippen LogP contribution in [0.5, 0.6) is 0 Å². The van der Waals surface area contributed by atoms with Gasteiger partial charge in [-0.15, -0.1) is 0 Å². The molecule has 3 aromatic rings. The van der Waals surface area contributed by atoms with Crippen molar-refractivity contribution in [2.45, 2.75) is 32.2 Å². The zero-order valence-electron chi connectivity index (χ0n) is 14.6. The van der Waals surface area contributed by atoms with Crippen molar-refractivity contribution in [2.24, 2.45) is 4.99 Å². The van der Waals surface area contributed by atoms with Crippen LogP contribution in [-0.4, -0.2) is 11.3 Å². The average Bonchev–Trinajstić information content (AvgIpc) is 2.62. The highest BCUT2D eigenvalue weighted by molar-refractivity contribution is 6.15. The van der Waals surface area contributed by atoms with Gasteiger partial charge >= 0.3 is 0 Å². The summed E-state index contributed by atoms with van der Waals surface area (Å²) >= 11 is 0. The highest BCUT2D eigenvalue weighted by Crippen LogP contribution is 2.46. The van der Waals surface area contributed by atoms with E-state index in [4.69, 9.17) is 4.42 Å². The standard InChI is InChI=1S/C21H17F2NO2/c1-12-11-26-17-9-8-13(10-15(17)19(12)25)18-14-6-4-5-7-16(14)21(22,23)20(2,3)24-18/h4-11H,1-3H3. The smallest absolute Gasteiger partial charge is 0.297 e. The number of rotatable bonds is 1. The molecule has 0 aliphatic carbocycles. The first kappa shape index (κ1) is 16.6. The fraction of sp³-hybridized carbons (Fsp3) is 0.238. The molecule has 5 heteroatoms. The molecule has 26 heavy (non-hydrogen) atoms. The molecule has 2 heterocycles. The molecule has 0 spiro atoms. The third-order valence-corrected chi connectivity index (χ3v) is 4.90. The van der Waals surface area contributed by atoms with Gasteiger partial charge in [0.15, 0.2) is 5.43 Å². The van der Waals surface area contributed by atoms with Crippen LogP contribution in [0.4, 0.5) is 8.78 Å². The molecule has 0 unspecified atom stereocenters. The molecule has 0 radical (unpaired) electrons. The van der Waals surface area contributed by atoms with Crippen LogP contribution in [0.2, 0.25) is 0 Å². The molecule has 0 bridgehead atoms. The number of hydrogen-bond acceptors (Lipinski definition) is 3. The summed E-state index contributed by atoms with van der Waals surface area (Å²) in [6.07, 6.45) is 1.42. The zero-order valence-corrected chi connectivity index (χ0v) is 14.6. The van der Waals surface area contributed by atoms with E-state index in [0.29, 0.717) is 33.4 Å². The van der Waals surface area contributed by atoms with Crippen LogP contribution < -0.4 is 5.43 Å². The van der Waals surface area contributed by atoms with E-state index in [1.807, 2.05) is 0 Å². The summed E-state index contributed by atoms with van der Waals surface area (Å²) in [5.41, 5.74) is 0.627. The van der Waals surface area contributed by atoms with Gasteiger partial charge in [0, 0.05) is 22.3 Å². The fourth-order valence-corrected chi connectivity index (χ4v) is 3.30. The van der Waals surface area contributed by atoms with Crippen LogP contribution in [0, 0.1) is 6.92 Å². The van der Waals surface area contributed by atoms with Crippen molar-refractivity contribution in [1.82, 2.24) is 0 Å². The number of alkyl halides is 2. The van der Waals surface area contributed by atoms with Gasteiger partial charge in [0.1, 0.15) is 11.1 Å². The highest BCUT2D eigenvalue weighted by Gasteiger charge is 2.52. The Morgan fingerprint density at radius 1 is 1.08 bits per heavy atom. The van der Waals surface area contributed by atoms with Crippen molar-refractivity contribution >= 4 is 16.7 Å². The van der Waals surface area contributed by atoms with Gasteiger partial charge in [-0.05, 0) is 39.0 Å². The molecule has 1 aromatic heterocycles. The first-order valence-corrected chi connectivity index (χ1v) is 8.32. The second kappa shape index (κ2) is 5.34. The van der Waals surface area contributed by atoms with Crippen molar-refractivity contribution in [3.63, 3.8) is 0 Å². The highest BCUT2D eigenvalue weighted by atomic mass is 19.3. The first-order chi connectivity index (χ1) is 12.2. The quantitative estimate of drug-likeness (QED) is 0.629. The van der Waals surface area contributed by atoms with Gasteiger partial charge in [-0.1, -0.05) is 24.3 Å². The molecule has 3 nitrogen and oxygen atoms in total. The summed E-state index contributed by atoms with van der Waals surface area (Å²) in [4.78, 5) is 16.8. The fourth-order valence-electron chi connectivity index (χ4n) is 3.30. The molecule has 2 aromatic carbocycles. The normalized spacial score (nSPS) is 17.7. The molecule has 132 valence electrons. The van der Waals surface area contributed by atoms with Gasteiger partial charge in [0.25, 0.3) is 5.92 Å². The van der Waals surface area contributed by atoms with E-state index < -0.39 is 11.5 Å². The van der Waals surface area contributed by atoms with Crippen molar-refractivity contribution in [3.8, 4) is 0 Å². The van der Waals surface area contributed by atoms with E-state index in [-0.39, 0.29) is 11.0 Å². The van der Waals surface area contributed by atoms with Crippen LogP contribution in [0.15, 0.2) is 62.9 Å². The lowest BCUT2D eigenvalue weighted by molar-refractivity contribution is -0.0681. The molecule has 1 aliphatic heterocycles. The summed E-state index contributed by atoms with van der Waals surface area (Å²) < 4.78 is 35.2. The van der Waals surface area contributed by atoms with Gasteiger partial charge in [0.05, 0.1) is 17.4 Å². The lowest BCUT2D eigenvalue weighted by atomic mass is 9.81. The van der Waals surface area contributed by atoms with E-state index in [9.17, 15) is 13.6 Å².